The number of rotatable bonds is 3. The molecular weight excluding hydrogens is 366 g/mol. The van der Waals surface area contributed by atoms with Gasteiger partial charge in [0.25, 0.3) is 5.91 Å². The first-order chi connectivity index (χ1) is 10.6. The molecule has 0 aliphatic carbocycles. The molecule has 0 fully saturated rings. The fraction of sp³-hybridized carbons (Fsp3) is 0. The molecule has 0 spiro atoms. The van der Waals surface area contributed by atoms with Crippen LogP contribution < -0.4 is 5.43 Å². The van der Waals surface area contributed by atoms with Crippen molar-refractivity contribution < 1.29 is 4.79 Å². The fourth-order valence-electron chi connectivity index (χ4n) is 2.07. The summed E-state index contributed by atoms with van der Waals surface area (Å²) in [6.07, 6.45) is 1.50. The zero-order chi connectivity index (χ0) is 15.5. The van der Waals surface area contributed by atoms with Crippen LogP contribution in [0.1, 0.15) is 16.1 Å². The third-order valence-electron chi connectivity index (χ3n) is 3.12. The number of hydrazone groups is 1. The number of carbonyl (C=O) groups excluding carboxylic acids is 1. The Kier molecular flexibility index (Phi) is 4.27. The largest absolute Gasteiger partial charge is 0.352 e. The van der Waals surface area contributed by atoms with Crippen molar-refractivity contribution in [2.24, 2.45) is 5.10 Å². The van der Waals surface area contributed by atoms with Crippen molar-refractivity contribution >= 4 is 50.6 Å². The zero-order valence-electron chi connectivity index (χ0n) is 11.3. The lowest BCUT2D eigenvalue weighted by molar-refractivity contribution is 0.0955. The van der Waals surface area contributed by atoms with Crippen LogP contribution in [0, 0.1) is 0 Å². The third-order valence-corrected chi connectivity index (χ3v) is 4.02. The first kappa shape index (κ1) is 14.8. The van der Waals surface area contributed by atoms with Gasteiger partial charge in [0.05, 0.1) is 16.9 Å². The summed E-state index contributed by atoms with van der Waals surface area (Å²) in [4.78, 5) is 15.1. The van der Waals surface area contributed by atoms with E-state index >= 15 is 0 Å². The topological polar surface area (TPSA) is 57.2 Å². The summed E-state index contributed by atoms with van der Waals surface area (Å²) in [5, 5.41) is 5.45. The number of carbonyl (C=O) groups is 1. The van der Waals surface area contributed by atoms with Crippen LogP contribution in [0.2, 0.25) is 5.02 Å². The molecule has 4 nitrogen and oxygen atoms in total. The molecule has 2 N–H and O–H groups in total. The highest BCUT2D eigenvalue weighted by molar-refractivity contribution is 9.10. The van der Waals surface area contributed by atoms with Gasteiger partial charge in [-0.3, -0.25) is 4.79 Å². The first-order valence-corrected chi connectivity index (χ1v) is 7.67. The fourth-order valence-corrected chi connectivity index (χ4v) is 2.73. The summed E-state index contributed by atoms with van der Waals surface area (Å²) in [5.74, 6) is -0.287. The van der Waals surface area contributed by atoms with Crippen LogP contribution in [0.4, 0.5) is 0 Å². The number of amides is 1. The van der Waals surface area contributed by atoms with E-state index in [0.29, 0.717) is 16.3 Å². The predicted octanol–water partition coefficient (Wildman–Crippen LogP) is 4.35. The second-order valence-corrected chi connectivity index (χ2v) is 5.90. The van der Waals surface area contributed by atoms with E-state index in [1.165, 1.54) is 6.21 Å². The van der Waals surface area contributed by atoms with Gasteiger partial charge in [-0.1, -0.05) is 51.8 Å². The number of nitrogens with zero attached hydrogens (tertiary/aromatic N) is 1. The number of para-hydroxylation sites is 1. The Hall–Kier alpha value is -2.11. The number of aromatic amines is 1. The van der Waals surface area contributed by atoms with Crippen LogP contribution >= 0.6 is 27.5 Å². The number of aromatic nitrogens is 1. The minimum absolute atomic E-state index is 0.287. The maximum Gasteiger partial charge on any atom is 0.271 e. The summed E-state index contributed by atoms with van der Waals surface area (Å²) in [6.45, 7) is 0. The Balaban J connectivity index is 1.76. The van der Waals surface area contributed by atoms with E-state index in [1.54, 1.807) is 18.2 Å². The van der Waals surface area contributed by atoms with Crippen LogP contribution in [0.25, 0.3) is 10.9 Å². The van der Waals surface area contributed by atoms with Gasteiger partial charge in [-0.05, 0) is 24.3 Å². The van der Waals surface area contributed by atoms with Gasteiger partial charge in [-0.2, -0.15) is 5.10 Å². The molecule has 3 aromatic rings. The van der Waals surface area contributed by atoms with Crippen LogP contribution in [0.3, 0.4) is 0 Å². The summed E-state index contributed by atoms with van der Waals surface area (Å²) in [6, 6.07) is 14.8. The average molecular weight is 377 g/mol. The molecule has 2 aromatic carbocycles. The van der Waals surface area contributed by atoms with Crippen molar-refractivity contribution in [2.45, 2.75) is 0 Å². The van der Waals surface area contributed by atoms with Crippen LogP contribution in [0.15, 0.2) is 58.1 Å². The molecule has 110 valence electrons. The second-order valence-electron chi connectivity index (χ2n) is 4.61. The van der Waals surface area contributed by atoms with Gasteiger partial charge in [0.15, 0.2) is 0 Å². The van der Waals surface area contributed by atoms with Crippen LogP contribution in [0.5, 0.6) is 0 Å². The maximum absolute atomic E-state index is 12.0. The Labute approximate surface area is 140 Å². The Morgan fingerprint density at radius 1 is 1.23 bits per heavy atom. The zero-order valence-corrected chi connectivity index (χ0v) is 13.6. The number of hydrogen-bond acceptors (Lipinski definition) is 2. The molecule has 1 amide bonds. The molecule has 1 heterocycles. The quantitative estimate of drug-likeness (QED) is 0.518. The van der Waals surface area contributed by atoms with Crippen molar-refractivity contribution in [3.63, 3.8) is 0 Å². The number of hydrogen-bond donors (Lipinski definition) is 2. The number of nitrogens with one attached hydrogen (secondary N) is 2. The second kappa shape index (κ2) is 6.34. The summed E-state index contributed by atoms with van der Waals surface area (Å²) < 4.78 is 0.836. The van der Waals surface area contributed by atoms with E-state index in [2.05, 4.69) is 31.4 Å². The SMILES string of the molecule is O=C(N/N=C\c1[nH]c2ccccc2c1Cl)c1cccc(Br)c1. The van der Waals surface area contributed by atoms with Gasteiger partial charge in [0.2, 0.25) is 0 Å². The van der Waals surface area contributed by atoms with Gasteiger partial charge in [-0.15, -0.1) is 0 Å². The Morgan fingerprint density at radius 2 is 2.05 bits per heavy atom. The minimum atomic E-state index is -0.287. The Morgan fingerprint density at radius 3 is 2.82 bits per heavy atom. The number of benzene rings is 2. The standard InChI is InChI=1S/C16H11BrClN3O/c17-11-5-3-4-10(8-11)16(22)21-19-9-14-15(18)12-6-1-2-7-13(12)20-14/h1-9,20H,(H,21,22)/b19-9-. The maximum atomic E-state index is 12.0. The third kappa shape index (κ3) is 3.05. The molecule has 22 heavy (non-hydrogen) atoms. The lowest BCUT2D eigenvalue weighted by Crippen LogP contribution is -2.17. The van der Waals surface area contributed by atoms with E-state index < -0.39 is 0 Å². The number of H-pyrrole nitrogens is 1. The summed E-state index contributed by atoms with van der Waals surface area (Å²) in [5.41, 5.74) is 4.57. The molecule has 0 saturated carbocycles. The van der Waals surface area contributed by atoms with E-state index in [4.69, 9.17) is 11.6 Å². The van der Waals surface area contributed by atoms with Gasteiger partial charge in [0, 0.05) is 20.9 Å². The number of halogens is 2. The highest BCUT2D eigenvalue weighted by Crippen LogP contribution is 2.25. The first-order valence-electron chi connectivity index (χ1n) is 6.50. The van der Waals surface area contributed by atoms with Crippen LogP contribution in [-0.4, -0.2) is 17.1 Å². The summed E-state index contributed by atoms with van der Waals surface area (Å²) in [7, 11) is 0. The van der Waals surface area contributed by atoms with Gasteiger partial charge in [-0.25, -0.2) is 5.43 Å². The normalized spacial score (nSPS) is 11.2. The molecule has 0 aliphatic rings. The van der Waals surface area contributed by atoms with Crippen molar-refractivity contribution in [3.8, 4) is 0 Å². The average Bonchev–Trinajstić information content (AvgIpc) is 2.84. The van der Waals surface area contributed by atoms with Crippen molar-refractivity contribution in [1.29, 1.82) is 0 Å². The molecule has 1 aromatic heterocycles. The summed E-state index contributed by atoms with van der Waals surface area (Å²) >= 11 is 9.59. The van der Waals surface area contributed by atoms with E-state index in [1.807, 2.05) is 30.3 Å². The monoisotopic (exact) mass is 375 g/mol. The lowest BCUT2D eigenvalue weighted by Gasteiger charge is -1.99. The van der Waals surface area contributed by atoms with E-state index in [-0.39, 0.29) is 5.91 Å². The minimum Gasteiger partial charge on any atom is -0.352 e. The molecule has 0 saturated heterocycles. The lowest BCUT2D eigenvalue weighted by atomic mass is 10.2. The molecular formula is C16H11BrClN3O. The molecule has 3 rings (SSSR count). The molecule has 0 atom stereocenters. The highest BCUT2D eigenvalue weighted by Gasteiger charge is 2.07. The van der Waals surface area contributed by atoms with E-state index in [9.17, 15) is 4.79 Å². The van der Waals surface area contributed by atoms with Gasteiger partial charge < -0.3 is 4.98 Å². The smallest absolute Gasteiger partial charge is 0.271 e. The molecule has 0 unspecified atom stereocenters. The van der Waals surface area contributed by atoms with Gasteiger partial charge in [0.1, 0.15) is 0 Å². The van der Waals surface area contributed by atoms with Gasteiger partial charge >= 0.3 is 0 Å². The van der Waals surface area contributed by atoms with Crippen molar-refractivity contribution in [1.82, 2.24) is 10.4 Å². The van der Waals surface area contributed by atoms with Crippen molar-refractivity contribution in [3.05, 3.63) is 69.3 Å². The van der Waals surface area contributed by atoms with E-state index in [0.717, 1.165) is 15.4 Å². The molecule has 0 aliphatic heterocycles. The predicted molar refractivity (Wildman–Crippen MR) is 92.5 cm³/mol. The number of fused-ring (bicyclic) bond motifs is 1. The van der Waals surface area contributed by atoms with Crippen molar-refractivity contribution in [2.75, 3.05) is 0 Å². The molecule has 0 radical (unpaired) electrons. The molecule has 6 heteroatoms. The highest BCUT2D eigenvalue weighted by atomic mass is 79.9. The van der Waals surface area contributed by atoms with Crippen LogP contribution in [-0.2, 0) is 0 Å². The Bertz CT molecular complexity index is 873. The molecule has 0 bridgehead atoms.